The van der Waals surface area contributed by atoms with Gasteiger partial charge in [0.2, 0.25) is 0 Å². The van der Waals surface area contributed by atoms with Crippen molar-refractivity contribution in [3.63, 3.8) is 0 Å². The molecule has 0 amide bonds. The van der Waals surface area contributed by atoms with Gasteiger partial charge >= 0.3 is 18.1 Å². The molecule has 1 unspecified atom stereocenters. The molecule has 2 aliphatic rings. The SMILES string of the molecule is CCOc1ccc(S(=O)(=O)Nc2cnc(N3CCCC(CN4CCCC4)C3)c(C(=O)O)c2)cc1.O=C(O)C(F)(F)F. The molecule has 2 saturated heterocycles. The van der Waals surface area contributed by atoms with Crippen LogP contribution in [0.3, 0.4) is 0 Å². The molecule has 15 heteroatoms. The number of hydrogen-bond acceptors (Lipinski definition) is 8. The molecule has 1 aromatic carbocycles. The lowest BCUT2D eigenvalue weighted by atomic mass is 9.97. The number of likely N-dealkylation sites (tertiary alicyclic amines) is 1. The van der Waals surface area contributed by atoms with E-state index >= 15 is 0 Å². The first kappa shape index (κ1) is 31.9. The Labute approximate surface area is 236 Å². The fraction of sp³-hybridized carbons (Fsp3) is 0.500. The number of benzene rings is 1. The number of alkyl halides is 3. The molecule has 2 fully saturated rings. The van der Waals surface area contributed by atoms with Crippen molar-refractivity contribution in [3.8, 4) is 5.75 Å². The third kappa shape index (κ3) is 9.21. The number of carboxylic acids is 2. The first-order chi connectivity index (χ1) is 19.3. The van der Waals surface area contributed by atoms with Gasteiger partial charge < -0.3 is 24.7 Å². The molecule has 41 heavy (non-hydrogen) atoms. The number of nitrogens with one attached hydrogen (secondary N) is 1. The molecule has 3 N–H and O–H groups in total. The average Bonchev–Trinajstić information content (AvgIpc) is 3.42. The molecular weight excluding hydrogens is 569 g/mol. The number of aliphatic carboxylic acids is 1. The van der Waals surface area contributed by atoms with E-state index in [-0.39, 0.29) is 16.1 Å². The fourth-order valence-corrected chi connectivity index (χ4v) is 5.79. The first-order valence-electron chi connectivity index (χ1n) is 13.1. The summed E-state index contributed by atoms with van der Waals surface area (Å²) in [5.74, 6) is -2.46. The summed E-state index contributed by atoms with van der Waals surface area (Å²) in [6, 6.07) is 7.40. The quantitative estimate of drug-likeness (QED) is 0.385. The van der Waals surface area contributed by atoms with Crippen LogP contribution in [-0.4, -0.2) is 86.0 Å². The summed E-state index contributed by atoms with van der Waals surface area (Å²) in [6.07, 6.45) is 0.892. The zero-order valence-corrected chi connectivity index (χ0v) is 23.2. The number of carbonyl (C=O) groups is 2. The van der Waals surface area contributed by atoms with Crippen LogP contribution in [0.1, 0.15) is 43.0 Å². The van der Waals surface area contributed by atoms with Crippen LogP contribution in [0.5, 0.6) is 5.75 Å². The van der Waals surface area contributed by atoms with Crippen molar-refractivity contribution in [2.45, 2.75) is 43.7 Å². The molecule has 0 bridgehead atoms. The van der Waals surface area contributed by atoms with Gasteiger partial charge in [0.1, 0.15) is 17.1 Å². The molecule has 2 aromatic rings. The molecule has 0 aliphatic carbocycles. The molecule has 11 nitrogen and oxygen atoms in total. The molecule has 1 atom stereocenters. The number of piperidine rings is 1. The Morgan fingerprint density at radius 3 is 2.29 bits per heavy atom. The number of hydrogen-bond donors (Lipinski definition) is 3. The summed E-state index contributed by atoms with van der Waals surface area (Å²) >= 11 is 0. The van der Waals surface area contributed by atoms with Crippen LogP contribution < -0.4 is 14.4 Å². The van der Waals surface area contributed by atoms with Crippen molar-refractivity contribution < 1.29 is 46.1 Å². The zero-order valence-electron chi connectivity index (χ0n) is 22.4. The zero-order chi connectivity index (χ0) is 30.2. The summed E-state index contributed by atoms with van der Waals surface area (Å²) in [4.78, 5) is 29.9. The monoisotopic (exact) mass is 602 g/mol. The third-order valence-electron chi connectivity index (χ3n) is 6.57. The Bertz CT molecular complexity index is 1300. The van der Waals surface area contributed by atoms with Gasteiger partial charge in [0, 0.05) is 19.6 Å². The van der Waals surface area contributed by atoms with Crippen molar-refractivity contribution in [2.24, 2.45) is 5.92 Å². The average molecular weight is 603 g/mol. The number of sulfonamides is 1. The van der Waals surface area contributed by atoms with E-state index in [1.807, 2.05) is 11.8 Å². The lowest BCUT2D eigenvalue weighted by molar-refractivity contribution is -0.192. The summed E-state index contributed by atoms with van der Waals surface area (Å²) in [6.45, 7) is 7.12. The minimum absolute atomic E-state index is 0.00582. The highest BCUT2D eigenvalue weighted by Gasteiger charge is 2.38. The normalized spacial score (nSPS) is 17.9. The molecule has 0 radical (unpaired) electrons. The van der Waals surface area contributed by atoms with Crippen molar-refractivity contribution in [2.75, 3.05) is 49.0 Å². The Balaban J connectivity index is 0.000000587. The molecule has 0 saturated carbocycles. The molecule has 0 spiro atoms. The second-order valence-corrected chi connectivity index (χ2v) is 11.4. The van der Waals surface area contributed by atoms with Gasteiger partial charge in [-0.05, 0) is 81.9 Å². The van der Waals surface area contributed by atoms with Crippen molar-refractivity contribution in [1.82, 2.24) is 9.88 Å². The van der Waals surface area contributed by atoms with Crippen LogP contribution in [0, 0.1) is 5.92 Å². The van der Waals surface area contributed by atoms with Crippen LogP contribution in [0.25, 0.3) is 0 Å². The highest BCUT2D eigenvalue weighted by atomic mass is 32.2. The number of aromatic nitrogens is 1. The van der Waals surface area contributed by atoms with Gasteiger partial charge in [-0.2, -0.15) is 13.2 Å². The molecule has 226 valence electrons. The highest BCUT2D eigenvalue weighted by molar-refractivity contribution is 7.92. The Morgan fingerprint density at radius 1 is 1.10 bits per heavy atom. The second kappa shape index (κ2) is 13.9. The summed E-state index contributed by atoms with van der Waals surface area (Å²) < 4.78 is 65.1. The van der Waals surface area contributed by atoms with Gasteiger partial charge in [-0.15, -0.1) is 0 Å². The largest absolute Gasteiger partial charge is 0.494 e. The van der Waals surface area contributed by atoms with Crippen LogP contribution in [0.15, 0.2) is 41.4 Å². The topological polar surface area (TPSA) is 149 Å². The van der Waals surface area contributed by atoms with E-state index in [0.717, 1.165) is 45.6 Å². The van der Waals surface area contributed by atoms with Gasteiger partial charge in [-0.1, -0.05) is 0 Å². The number of carboxylic acid groups (broad SMARTS) is 2. The minimum atomic E-state index is -5.08. The van der Waals surface area contributed by atoms with Crippen molar-refractivity contribution >= 4 is 33.5 Å². The number of anilines is 2. The van der Waals surface area contributed by atoms with Crippen molar-refractivity contribution in [1.29, 1.82) is 0 Å². The van der Waals surface area contributed by atoms with E-state index < -0.39 is 28.1 Å². The van der Waals surface area contributed by atoms with E-state index in [9.17, 15) is 31.5 Å². The fourth-order valence-electron chi connectivity index (χ4n) is 4.76. The van der Waals surface area contributed by atoms with Crippen LogP contribution in [0.2, 0.25) is 0 Å². The number of nitrogens with zero attached hydrogens (tertiary/aromatic N) is 3. The number of halogens is 3. The summed E-state index contributed by atoms with van der Waals surface area (Å²) in [7, 11) is -3.91. The summed E-state index contributed by atoms with van der Waals surface area (Å²) in [5, 5.41) is 17.0. The van der Waals surface area contributed by atoms with Gasteiger partial charge in [0.25, 0.3) is 10.0 Å². The highest BCUT2D eigenvalue weighted by Crippen LogP contribution is 2.28. The smallest absolute Gasteiger partial charge is 0.490 e. The van der Waals surface area contributed by atoms with Gasteiger partial charge in [-0.25, -0.2) is 23.0 Å². The Morgan fingerprint density at radius 2 is 1.73 bits per heavy atom. The molecule has 1 aromatic heterocycles. The lowest BCUT2D eigenvalue weighted by Crippen LogP contribution is -2.41. The van der Waals surface area contributed by atoms with E-state index in [1.165, 1.54) is 37.2 Å². The minimum Gasteiger partial charge on any atom is -0.494 e. The van der Waals surface area contributed by atoms with E-state index in [4.69, 9.17) is 14.6 Å². The molecule has 4 rings (SSSR count). The van der Waals surface area contributed by atoms with E-state index in [1.54, 1.807) is 12.1 Å². The first-order valence-corrected chi connectivity index (χ1v) is 14.5. The lowest BCUT2D eigenvalue weighted by Gasteiger charge is -2.36. The second-order valence-electron chi connectivity index (χ2n) is 9.68. The van der Waals surface area contributed by atoms with E-state index in [2.05, 4.69) is 14.6 Å². The maximum atomic E-state index is 12.8. The number of aromatic carboxylic acids is 1. The number of rotatable bonds is 9. The van der Waals surface area contributed by atoms with Crippen LogP contribution in [0.4, 0.5) is 24.7 Å². The van der Waals surface area contributed by atoms with Gasteiger partial charge in [0.05, 0.1) is 23.4 Å². The van der Waals surface area contributed by atoms with Crippen molar-refractivity contribution in [3.05, 3.63) is 42.1 Å². The maximum Gasteiger partial charge on any atom is 0.490 e. The standard InChI is InChI=1S/C24H32N4O5S.C2HF3O2/c1-2-33-20-7-9-21(10-8-20)34(31,32)26-19-14-22(24(29)30)23(25-15-19)28-13-5-6-18(17-28)16-27-11-3-4-12-27;3-2(4,5)1(6)7/h7-10,14-15,18,26H,2-6,11-13,16-17H2,1H3,(H,29,30);(H,6,7). The number of pyridine rings is 1. The Hall–Kier alpha value is -3.59. The molecule has 2 aliphatic heterocycles. The maximum absolute atomic E-state index is 12.8. The van der Waals surface area contributed by atoms with Gasteiger partial charge in [0.15, 0.2) is 0 Å². The van der Waals surface area contributed by atoms with Crippen LogP contribution in [-0.2, 0) is 14.8 Å². The molecule has 3 heterocycles. The predicted octanol–water partition coefficient (Wildman–Crippen LogP) is 3.92. The molecular formula is C26H33F3N4O7S. The summed E-state index contributed by atoms with van der Waals surface area (Å²) in [5.41, 5.74) is 0.106. The van der Waals surface area contributed by atoms with Crippen LogP contribution >= 0.6 is 0 Å². The number of ether oxygens (including phenoxy) is 1. The Kier molecular flexibility index (Phi) is 10.8. The van der Waals surface area contributed by atoms with Gasteiger partial charge in [-0.3, -0.25) is 4.72 Å². The third-order valence-corrected chi connectivity index (χ3v) is 7.97. The van der Waals surface area contributed by atoms with E-state index in [0.29, 0.717) is 24.1 Å². The predicted molar refractivity (Wildman–Crippen MR) is 144 cm³/mol.